The first-order valence-electron chi connectivity index (χ1n) is 11.3. The van der Waals surface area contributed by atoms with Gasteiger partial charge in [-0.1, -0.05) is 30.3 Å². The number of ether oxygens (including phenoxy) is 1. The van der Waals surface area contributed by atoms with Crippen LogP contribution in [0.25, 0.3) is 11.0 Å². The summed E-state index contributed by atoms with van der Waals surface area (Å²) in [6.07, 6.45) is 3.46. The Morgan fingerprint density at radius 1 is 1.18 bits per heavy atom. The van der Waals surface area contributed by atoms with Gasteiger partial charge in [-0.3, -0.25) is 9.59 Å². The largest absolute Gasteiger partial charge is 0.375 e. The van der Waals surface area contributed by atoms with Crippen molar-refractivity contribution in [2.45, 2.75) is 25.9 Å². The predicted molar refractivity (Wildman–Crippen MR) is 133 cm³/mol. The van der Waals surface area contributed by atoms with Gasteiger partial charge < -0.3 is 19.5 Å². The number of benzene rings is 2. The van der Waals surface area contributed by atoms with Crippen LogP contribution in [0.15, 0.2) is 60.2 Å². The zero-order valence-electron chi connectivity index (χ0n) is 19.0. The first kappa shape index (κ1) is 22.3. The number of aryl methyl sites for hydroxylation is 2. The molecule has 0 saturated heterocycles. The second-order valence-corrected chi connectivity index (χ2v) is 9.39. The zero-order valence-corrected chi connectivity index (χ0v) is 19.8. The normalized spacial score (nSPS) is 13.1. The van der Waals surface area contributed by atoms with Crippen molar-refractivity contribution < 1.29 is 14.3 Å². The molecule has 0 aliphatic carbocycles. The first-order valence-corrected chi connectivity index (χ1v) is 12.2. The van der Waals surface area contributed by atoms with E-state index in [2.05, 4.69) is 33.9 Å². The van der Waals surface area contributed by atoms with Crippen LogP contribution in [0.2, 0.25) is 0 Å². The van der Waals surface area contributed by atoms with Gasteiger partial charge in [-0.2, -0.15) is 0 Å². The highest BCUT2D eigenvalue weighted by atomic mass is 32.1. The standard InChI is InChI=1S/C26H26N4O3S/c1-33-16-24(31)28-20-13-21(26(32)29-11-8-23-19(15-29)9-12-34-23)25-22(14-20)27-17-30(25)10-7-18-5-3-2-4-6-18/h2-6,9,12-14,17H,7-8,10-11,15-16H2,1H3,(H,28,31). The summed E-state index contributed by atoms with van der Waals surface area (Å²) in [6.45, 7) is 1.91. The summed E-state index contributed by atoms with van der Waals surface area (Å²) in [4.78, 5) is 33.7. The number of fused-ring (bicyclic) bond motifs is 2. The molecule has 5 rings (SSSR count). The van der Waals surface area contributed by atoms with E-state index in [1.54, 1.807) is 23.7 Å². The Morgan fingerprint density at radius 2 is 2.03 bits per heavy atom. The van der Waals surface area contributed by atoms with E-state index in [0.29, 0.717) is 36.4 Å². The van der Waals surface area contributed by atoms with Crippen LogP contribution in [0.4, 0.5) is 5.69 Å². The topological polar surface area (TPSA) is 76.5 Å². The SMILES string of the molecule is COCC(=O)Nc1cc(C(=O)N2CCc3sccc3C2)c2c(c1)ncn2CCc1ccccc1. The molecule has 0 radical (unpaired) electrons. The van der Waals surface area contributed by atoms with Crippen LogP contribution in [0.3, 0.4) is 0 Å². The fourth-order valence-corrected chi connectivity index (χ4v) is 5.32. The summed E-state index contributed by atoms with van der Waals surface area (Å²) >= 11 is 1.75. The molecule has 0 bridgehead atoms. The smallest absolute Gasteiger partial charge is 0.256 e. The number of nitrogens with one attached hydrogen (secondary N) is 1. The van der Waals surface area contributed by atoms with Gasteiger partial charge in [-0.15, -0.1) is 11.3 Å². The molecule has 0 atom stereocenters. The van der Waals surface area contributed by atoms with Gasteiger partial charge in [0.05, 0.1) is 22.9 Å². The number of hydrogen-bond acceptors (Lipinski definition) is 5. The number of thiophene rings is 1. The Bertz CT molecular complexity index is 1330. The van der Waals surface area contributed by atoms with Crippen LogP contribution >= 0.6 is 11.3 Å². The molecule has 2 aromatic carbocycles. The third-order valence-corrected chi connectivity index (χ3v) is 7.10. The summed E-state index contributed by atoms with van der Waals surface area (Å²) in [5, 5.41) is 4.91. The van der Waals surface area contributed by atoms with Gasteiger partial charge in [0.15, 0.2) is 0 Å². The predicted octanol–water partition coefficient (Wildman–Crippen LogP) is 4.12. The second kappa shape index (κ2) is 9.79. The molecule has 0 saturated carbocycles. The van der Waals surface area contributed by atoms with Crippen molar-refractivity contribution in [1.82, 2.24) is 14.5 Å². The Morgan fingerprint density at radius 3 is 2.85 bits per heavy atom. The fraction of sp³-hybridized carbons (Fsp3) is 0.269. The molecular weight excluding hydrogens is 448 g/mol. The van der Waals surface area contributed by atoms with Gasteiger partial charge in [0.1, 0.15) is 6.61 Å². The number of carbonyl (C=O) groups is 2. The average molecular weight is 475 g/mol. The molecule has 3 heterocycles. The Hall–Kier alpha value is -3.49. The summed E-state index contributed by atoms with van der Waals surface area (Å²) in [5.41, 5.74) is 5.00. The number of anilines is 1. The molecule has 1 aliphatic rings. The Labute approximate surface area is 202 Å². The van der Waals surface area contributed by atoms with Crippen LogP contribution < -0.4 is 5.32 Å². The third kappa shape index (κ3) is 4.60. The highest BCUT2D eigenvalue weighted by Gasteiger charge is 2.26. The third-order valence-electron chi connectivity index (χ3n) is 6.08. The maximum absolute atomic E-state index is 13.8. The van der Waals surface area contributed by atoms with E-state index in [1.165, 1.54) is 23.1 Å². The van der Waals surface area contributed by atoms with E-state index >= 15 is 0 Å². The molecule has 1 N–H and O–H groups in total. The van der Waals surface area contributed by atoms with Gasteiger partial charge >= 0.3 is 0 Å². The van der Waals surface area contributed by atoms with Crippen molar-refractivity contribution in [1.29, 1.82) is 0 Å². The minimum absolute atomic E-state index is 0.0499. The van der Waals surface area contributed by atoms with Crippen LogP contribution in [-0.2, 0) is 35.5 Å². The molecule has 2 amide bonds. The molecule has 1 aliphatic heterocycles. The lowest BCUT2D eigenvalue weighted by Gasteiger charge is -2.27. The lowest BCUT2D eigenvalue weighted by Crippen LogP contribution is -2.35. The van der Waals surface area contributed by atoms with E-state index in [9.17, 15) is 9.59 Å². The number of aromatic nitrogens is 2. The molecule has 8 heteroatoms. The number of amides is 2. The molecule has 0 fully saturated rings. The number of methoxy groups -OCH3 is 1. The van der Waals surface area contributed by atoms with Crippen molar-refractivity contribution in [2.24, 2.45) is 0 Å². The maximum atomic E-state index is 13.8. The van der Waals surface area contributed by atoms with Crippen molar-refractivity contribution in [3.63, 3.8) is 0 Å². The summed E-state index contributed by atoms with van der Waals surface area (Å²) in [5.74, 6) is -0.323. The van der Waals surface area contributed by atoms with Crippen molar-refractivity contribution in [3.05, 3.63) is 81.8 Å². The van der Waals surface area contributed by atoms with Crippen LogP contribution in [0, 0.1) is 0 Å². The monoisotopic (exact) mass is 474 g/mol. The van der Waals surface area contributed by atoms with E-state index in [0.717, 1.165) is 18.4 Å². The fourth-order valence-electron chi connectivity index (χ4n) is 4.43. The lowest BCUT2D eigenvalue weighted by atomic mass is 10.1. The van der Waals surface area contributed by atoms with Gasteiger partial charge in [0, 0.05) is 37.3 Å². The van der Waals surface area contributed by atoms with Crippen molar-refractivity contribution >= 4 is 39.9 Å². The maximum Gasteiger partial charge on any atom is 0.256 e. The van der Waals surface area contributed by atoms with Gasteiger partial charge in [-0.25, -0.2) is 4.98 Å². The van der Waals surface area contributed by atoms with E-state index in [1.807, 2.05) is 33.7 Å². The van der Waals surface area contributed by atoms with E-state index in [4.69, 9.17) is 4.74 Å². The van der Waals surface area contributed by atoms with Gasteiger partial charge in [0.2, 0.25) is 5.91 Å². The molecule has 34 heavy (non-hydrogen) atoms. The highest BCUT2D eigenvalue weighted by molar-refractivity contribution is 7.10. The van der Waals surface area contributed by atoms with E-state index in [-0.39, 0.29) is 18.4 Å². The summed E-state index contributed by atoms with van der Waals surface area (Å²) in [7, 11) is 1.47. The minimum atomic E-state index is -0.273. The summed E-state index contributed by atoms with van der Waals surface area (Å²) < 4.78 is 6.97. The molecule has 0 unspecified atom stereocenters. The number of carbonyl (C=O) groups excluding carboxylic acids is 2. The number of hydrogen-bond donors (Lipinski definition) is 1. The Balaban J connectivity index is 1.50. The minimum Gasteiger partial charge on any atom is -0.375 e. The molecule has 2 aromatic heterocycles. The number of rotatable bonds is 7. The first-order chi connectivity index (χ1) is 16.6. The quantitative estimate of drug-likeness (QED) is 0.437. The van der Waals surface area contributed by atoms with Crippen LogP contribution in [0.5, 0.6) is 0 Å². The van der Waals surface area contributed by atoms with Crippen LogP contribution in [-0.4, -0.2) is 46.5 Å². The highest BCUT2D eigenvalue weighted by Crippen LogP contribution is 2.29. The van der Waals surface area contributed by atoms with Gasteiger partial charge in [0.25, 0.3) is 5.91 Å². The van der Waals surface area contributed by atoms with Gasteiger partial charge in [-0.05, 0) is 47.5 Å². The second-order valence-electron chi connectivity index (χ2n) is 8.39. The lowest BCUT2D eigenvalue weighted by molar-refractivity contribution is -0.119. The molecular formula is C26H26N4O3S. The Kier molecular flexibility index (Phi) is 6.42. The molecule has 0 spiro atoms. The van der Waals surface area contributed by atoms with Crippen molar-refractivity contribution in [3.8, 4) is 0 Å². The number of nitrogens with zero attached hydrogens (tertiary/aromatic N) is 3. The van der Waals surface area contributed by atoms with E-state index < -0.39 is 0 Å². The molecule has 7 nitrogen and oxygen atoms in total. The number of imidazole rings is 1. The van der Waals surface area contributed by atoms with Crippen LogP contribution in [0.1, 0.15) is 26.4 Å². The molecule has 4 aromatic rings. The zero-order chi connectivity index (χ0) is 23.5. The average Bonchev–Trinajstić information content (AvgIpc) is 3.49. The molecule has 174 valence electrons. The van der Waals surface area contributed by atoms with Crippen molar-refractivity contribution in [2.75, 3.05) is 25.6 Å². The summed E-state index contributed by atoms with van der Waals surface area (Å²) in [6, 6.07) is 15.9.